The lowest BCUT2D eigenvalue weighted by molar-refractivity contribution is 1.39. The molecule has 1 aromatic rings. The Hall–Kier alpha value is -0.695. The highest BCUT2D eigenvalue weighted by molar-refractivity contribution is 6.53. The van der Waals surface area contributed by atoms with Gasteiger partial charge in [-0.15, -0.1) is 0 Å². The van der Waals surface area contributed by atoms with E-state index in [0.717, 1.165) is 12.9 Å². The molecule has 0 amide bonds. The molecule has 10 heavy (non-hydrogen) atoms. The first-order valence-electron chi connectivity index (χ1n) is 3.14. The first-order valence-corrected chi connectivity index (χ1v) is 3.51. The summed E-state index contributed by atoms with van der Waals surface area (Å²) < 4.78 is 0. The van der Waals surface area contributed by atoms with Crippen molar-refractivity contribution in [2.24, 2.45) is 0 Å². The number of anilines is 1. The summed E-state index contributed by atoms with van der Waals surface area (Å²) in [5, 5.41) is 0.592. The zero-order valence-electron chi connectivity index (χ0n) is 5.76. The first kappa shape index (κ1) is 7.41. The summed E-state index contributed by atoms with van der Waals surface area (Å²) in [5.41, 5.74) is 7.17. The SMILES string of the molecule is CBc1ncc(Cl)cc1N. The number of nitrogens with zero attached hydrogens (tertiary/aromatic N) is 1. The van der Waals surface area contributed by atoms with Crippen molar-refractivity contribution in [1.82, 2.24) is 4.98 Å². The van der Waals surface area contributed by atoms with Gasteiger partial charge in [0.05, 0.1) is 5.02 Å². The third kappa shape index (κ3) is 1.42. The highest BCUT2D eigenvalue weighted by Gasteiger charge is 1.98. The van der Waals surface area contributed by atoms with E-state index in [1.54, 1.807) is 12.3 Å². The number of hydrogen-bond acceptors (Lipinski definition) is 2. The van der Waals surface area contributed by atoms with Crippen LogP contribution in [-0.2, 0) is 0 Å². The Morgan fingerprint density at radius 2 is 2.40 bits per heavy atom. The van der Waals surface area contributed by atoms with Crippen LogP contribution in [0.3, 0.4) is 0 Å². The predicted molar refractivity (Wildman–Crippen MR) is 46.3 cm³/mol. The standard InChI is InChI=1S/C6H8BClN2/c1-7-6-5(9)2-4(8)3-10-6/h2-3,7H,9H2,1H3. The molecular weight excluding hydrogens is 146 g/mol. The Kier molecular flexibility index (Phi) is 2.17. The van der Waals surface area contributed by atoms with Crippen molar-refractivity contribution in [1.29, 1.82) is 0 Å². The maximum Gasteiger partial charge on any atom is 0.181 e. The van der Waals surface area contributed by atoms with Crippen LogP contribution in [0.25, 0.3) is 0 Å². The third-order valence-corrected chi connectivity index (χ3v) is 1.51. The van der Waals surface area contributed by atoms with Crippen molar-refractivity contribution < 1.29 is 0 Å². The fraction of sp³-hybridized carbons (Fsp3) is 0.167. The molecule has 52 valence electrons. The van der Waals surface area contributed by atoms with Crippen LogP contribution in [0.4, 0.5) is 5.69 Å². The smallest absolute Gasteiger partial charge is 0.181 e. The van der Waals surface area contributed by atoms with Gasteiger partial charge < -0.3 is 5.73 Å². The van der Waals surface area contributed by atoms with Gasteiger partial charge in [0.1, 0.15) is 0 Å². The molecule has 1 aromatic heterocycles. The largest absolute Gasteiger partial charge is 0.398 e. The summed E-state index contributed by atoms with van der Waals surface area (Å²) >= 11 is 5.63. The van der Waals surface area contributed by atoms with Crippen molar-refractivity contribution in [2.45, 2.75) is 6.82 Å². The van der Waals surface area contributed by atoms with Crippen molar-refractivity contribution in [3.63, 3.8) is 0 Å². The molecule has 1 heterocycles. The van der Waals surface area contributed by atoms with Crippen LogP contribution in [0, 0.1) is 0 Å². The second kappa shape index (κ2) is 2.93. The lowest BCUT2D eigenvalue weighted by atomic mass is 9.77. The molecule has 0 saturated heterocycles. The lowest BCUT2D eigenvalue weighted by Crippen LogP contribution is -2.19. The van der Waals surface area contributed by atoms with Gasteiger partial charge in [-0.1, -0.05) is 18.4 Å². The number of rotatable bonds is 1. The molecule has 4 heteroatoms. The van der Waals surface area contributed by atoms with Crippen LogP contribution in [0.1, 0.15) is 0 Å². The number of nitrogens with two attached hydrogens (primary N) is 1. The summed E-state index contributed by atoms with van der Waals surface area (Å²) in [7, 11) is 0.850. The van der Waals surface area contributed by atoms with Gasteiger partial charge in [-0.3, -0.25) is 4.98 Å². The molecule has 0 aliphatic carbocycles. The molecule has 0 fully saturated rings. The van der Waals surface area contributed by atoms with Crippen molar-refractivity contribution in [2.75, 3.05) is 5.73 Å². The molecular formula is C6H8BClN2. The summed E-state index contributed by atoms with van der Waals surface area (Å²) in [6.45, 7) is 2.01. The van der Waals surface area contributed by atoms with Crippen LogP contribution in [0.2, 0.25) is 11.8 Å². The van der Waals surface area contributed by atoms with E-state index in [1.807, 2.05) is 6.82 Å². The molecule has 0 unspecified atom stereocenters. The Bertz CT molecular complexity index is 239. The van der Waals surface area contributed by atoms with Crippen LogP contribution < -0.4 is 11.3 Å². The molecule has 1 rings (SSSR count). The van der Waals surface area contributed by atoms with Crippen LogP contribution >= 0.6 is 11.6 Å². The fourth-order valence-corrected chi connectivity index (χ4v) is 0.945. The van der Waals surface area contributed by atoms with E-state index >= 15 is 0 Å². The average Bonchev–Trinajstić information content (AvgIpc) is 1.88. The molecule has 0 bridgehead atoms. The molecule has 0 aliphatic heterocycles. The molecule has 0 spiro atoms. The van der Waals surface area contributed by atoms with E-state index in [9.17, 15) is 0 Å². The molecule has 0 aromatic carbocycles. The number of pyridine rings is 1. The van der Waals surface area contributed by atoms with Crippen molar-refractivity contribution >= 4 is 30.2 Å². The van der Waals surface area contributed by atoms with Gasteiger partial charge in [0.2, 0.25) is 0 Å². The van der Waals surface area contributed by atoms with Crippen LogP contribution in [0.5, 0.6) is 0 Å². The molecule has 2 N–H and O–H groups in total. The predicted octanol–water partition coefficient (Wildman–Crippen LogP) is 0.427. The fourth-order valence-electron chi connectivity index (χ4n) is 0.779. The van der Waals surface area contributed by atoms with Gasteiger partial charge in [-0.2, -0.15) is 0 Å². The molecule has 0 atom stereocenters. The van der Waals surface area contributed by atoms with Crippen molar-refractivity contribution in [3.8, 4) is 0 Å². The van der Waals surface area contributed by atoms with Gasteiger partial charge in [0, 0.05) is 17.5 Å². The topological polar surface area (TPSA) is 38.9 Å². The minimum atomic E-state index is 0.592. The number of hydrogen-bond donors (Lipinski definition) is 1. The van der Waals surface area contributed by atoms with E-state index in [-0.39, 0.29) is 0 Å². The van der Waals surface area contributed by atoms with Gasteiger partial charge in [0.15, 0.2) is 7.28 Å². The normalized spacial score (nSPS) is 9.40. The summed E-state index contributed by atoms with van der Waals surface area (Å²) in [4.78, 5) is 4.04. The van der Waals surface area contributed by atoms with Crippen LogP contribution in [-0.4, -0.2) is 12.3 Å². The molecule has 0 saturated carbocycles. The van der Waals surface area contributed by atoms with Gasteiger partial charge in [-0.25, -0.2) is 0 Å². The highest BCUT2D eigenvalue weighted by atomic mass is 35.5. The van der Waals surface area contributed by atoms with E-state index in [4.69, 9.17) is 17.3 Å². The molecule has 2 nitrogen and oxygen atoms in total. The quantitative estimate of drug-likeness (QED) is 0.596. The number of nitrogen functional groups attached to an aromatic ring is 1. The van der Waals surface area contributed by atoms with Gasteiger partial charge in [0.25, 0.3) is 0 Å². The monoisotopic (exact) mass is 154 g/mol. The maximum atomic E-state index is 5.63. The summed E-state index contributed by atoms with van der Waals surface area (Å²) in [6, 6.07) is 1.72. The maximum absolute atomic E-state index is 5.63. The van der Waals surface area contributed by atoms with E-state index in [1.165, 1.54) is 0 Å². The zero-order chi connectivity index (χ0) is 7.56. The van der Waals surface area contributed by atoms with Crippen LogP contribution in [0.15, 0.2) is 12.3 Å². The average molecular weight is 154 g/mol. The molecule has 0 radical (unpaired) electrons. The van der Waals surface area contributed by atoms with Crippen molar-refractivity contribution in [3.05, 3.63) is 17.3 Å². The van der Waals surface area contributed by atoms with Gasteiger partial charge in [-0.05, 0) is 6.07 Å². The first-order chi connectivity index (χ1) is 4.74. The lowest BCUT2D eigenvalue weighted by Gasteiger charge is -1.99. The number of halogens is 1. The highest BCUT2D eigenvalue weighted by Crippen LogP contribution is 2.07. The second-order valence-electron chi connectivity index (χ2n) is 2.04. The van der Waals surface area contributed by atoms with Gasteiger partial charge >= 0.3 is 0 Å². The Morgan fingerprint density at radius 3 is 2.90 bits per heavy atom. The second-order valence-corrected chi connectivity index (χ2v) is 2.48. The van der Waals surface area contributed by atoms with E-state index < -0.39 is 0 Å². The Morgan fingerprint density at radius 1 is 1.70 bits per heavy atom. The number of aromatic nitrogens is 1. The minimum Gasteiger partial charge on any atom is -0.398 e. The summed E-state index contributed by atoms with van der Waals surface area (Å²) in [6.07, 6.45) is 1.61. The summed E-state index contributed by atoms with van der Waals surface area (Å²) in [5.74, 6) is 0. The Labute approximate surface area is 65.6 Å². The Balaban J connectivity index is 3.07. The van der Waals surface area contributed by atoms with E-state index in [2.05, 4.69) is 4.98 Å². The zero-order valence-corrected chi connectivity index (χ0v) is 6.52. The third-order valence-electron chi connectivity index (χ3n) is 1.31. The minimum absolute atomic E-state index is 0.592. The molecule has 0 aliphatic rings. The van der Waals surface area contributed by atoms with E-state index in [0.29, 0.717) is 10.7 Å².